The summed E-state index contributed by atoms with van der Waals surface area (Å²) in [5.74, 6) is -0.718. The number of aryl methyl sites for hydroxylation is 1. The van der Waals surface area contributed by atoms with Crippen LogP contribution in [0.4, 0.5) is 4.39 Å². The second-order valence-electron chi connectivity index (χ2n) is 7.99. The summed E-state index contributed by atoms with van der Waals surface area (Å²) in [6, 6.07) is 11.6. The Hall–Kier alpha value is -2.99. The molecule has 0 saturated carbocycles. The van der Waals surface area contributed by atoms with E-state index < -0.39 is 5.82 Å². The van der Waals surface area contributed by atoms with E-state index in [2.05, 4.69) is 0 Å². The molecular formula is C24H21ClFN3O2. The summed E-state index contributed by atoms with van der Waals surface area (Å²) in [6.45, 7) is 1.69. The highest BCUT2D eigenvalue weighted by Crippen LogP contribution is 2.31. The predicted molar refractivity (Wildman–Crippen MR) is 117 cm³/mol. The van der Waals surface area contributed by atoms with Gasteiger partial charge in [0.05, 0.1) is 21.7 Å². The number of benzene rings is 2. The molecule has 3 aromatic rings. The van der Waals surface area contributed by atoms with Crippen molar-refractivity contribution in [2.45, 2.75) is 19.3 Å². The van der Waals surface area contributed by atoms with E-state index in [-0.39, 0.29) is 22.4 Å². The van der Waals surface area contributed by atoms with Gasteiger partial charge in [-0.05, 0) is 49.1 Å². The van der Waals surface area contributed by atoms with Crippen molar-refractivity contribution in [3.63, 3.8) is 0 Å². The minimum absolute atomic E-state index is 0.00339. The summed E-state index contributed by atoms with van der Waals surface area (Å²) < 4.78 is 13.3. The summed E-state index contributed by atoms with van der Waals surface area (Å²) in [5.41, 5.74) is 3.99. The molecule has 158 valence electrons. The van der Waals surface area contributed by atoms with Gasteiger partial charge in [0.1, 0.15) is 5.82 Å². The molecule has 5 nitrogen and oxygen atoms in total. The maximum absolute atomic E-state index is 13.5. The van der Waals surface area contributed by atoms with Crippen LogP contribution >= 0.6 is 11.6 Å². The lowest BCUT2D eigenvalue weighted by Gasteiger charge is -2.35. The zero-order valence-electron chi connectivity index (χ0n) is 16.9. The van der Waals surface area contributed by atoms with E-state index in [1.807, 2.05) is 29.2 Å². The molecule has 31 heavy (non-hydrogen) atoms. The van der Waals surface area contributed by atoms with Crippen molar-refractivity contribution < 1.29 is 14.0 Å². The first-order valence-corrected chi connectivity index (χ1v) is 10.8. The maximum Gasteiger partial charge on any atom is 0.255 e. The zero-order chi connectivity index (χ0) is 21.5. The number of fused-ring (bicyclic) bond motifs is 2. The monoisotopic (exact) mass is 437 g/mol. The average molecular weight is 438 g/mol. The average Bonchev–Trinajstić information content (AvgIpc) is 3.25. The molecule has 2 amide bonds. The van der Waals surface area contributed by atoms with Crippen molar-refractivity contribution in [1.82, 2.24) is 14.8 Å². The number of piperazine rings is 1. The van der Waals surface area contributed by atoms with E-state index >= 15 is 0 Å². The fourth-order valence-corrected chi connectivity index (χ4v) is 4.81. The Labute approximate surface area is 184 Å². The minimum Gasteiger partial charge on any atom is -0.335 e. The van der Waals surface area contributed by atoms with E-state index in [0.717, 1.165) is 53.1 Å². The predicted octanol–water partition coefficient (Wildman–Crippen LogP) is 4.11. The number of aromatic nitrogens is 1. The molecule has 2 aliphatic rings. The lowest BCUT2D eigenvalue weighted by Crippen LogP contribution is -2.50. The number of rotatable bonds is 2. The number of nitrogens with zero attached hydrogens (tertiary/aromatic N) is 3. The third kappa shape index (κ3) is 3.55. The van der Waals surface area contributed by atoms with E-state index in [9.17, 15) is 14.0 Å². The van der Waals surface area contributed by atoms with Crippen LogP contribution in [-0.4, -0.2) is 52.8 Å². The van der Waals surface area contributed by atoms with Gasteiger partial charge in [-0.1, -0.05) is 29.8 Å². The third-order valence-corrected chi connectivity index (χ3v) is 6.46. The van der Waals surface area contributed by atoms with E-state index in [4.69, 9.17) is 16.6 Å². The molecule has 2 heterocycles. The van der Waals surface area contributed by atoms with Crippen LogP contribution < -0.4 is 0 Å². The topological polar surface area (TPSA) is 53.5 Å². The molecule has 0 unspecified atom stereocenters. The smallest absolute Gasteiger partial charge is 0.255 e. The van der Waals surface area contributed by atoms with Crippen molar-refractivity contribution in [1.29, 1.82) is 0 Å². The number of carbonyl (C=O) groups is 2. The van der Waals surface area contributed by atoms with Crippen molar-refractivity contribution in [3.8, 4) is 0 Å². The first-order chi connectivity index (χ1) is 15.0. The van der Waals surface area contributed by atoms with Crippen molar-refractivity contribution >= 4 is 34.3 Å². The van der Waals surface area contributed by atoms with Crippen LogP contribution in [0, 0.1) is 5.82 Å². The molecule has 1 aliphatic carbocycles. The highest BCUT2D eigenvalue weighted by Gasteiger charge is 2.30. The minimum atomic E-state index is -0.478. The van der Waals surface area contributed by atoms with Gasteiger partial charge in [0, 0.05) is 37.3 Å². The van der Waals surface area contributed by atoms with Crippen LogP contribution in [-0.2, 0) is 12.8 Å². The summed E-state index contributed by atoms with van der Waals surface area (Å²) in [4.78, 5) is 34.6. The number of para-hydroxylation sites is 1. The van der Waals surface area contributed by atoms with Crippen molar-refractivity contribution in [2.24, 2.45) is 0 Å². The van der Waals surface area contributed by atoms with Gasteiger partial charge >= 0.3 is 0 Å². The largest absolute Gasteiger partial charge is 0.335 e. The zero-order valence-corrected chi connectivity index (χ0v) is 17.7. The maximum atomic E-state index is 13.5. The molecule has 0 radical (unpaired) electrons. The molecule has 7 heteroatoms. The summed E-state index contributed by atoms with van der Waals surface area (Å²) >= 11 is 6.05. The van der Waals surface area contributed by atoms with Gasteiger partial charge < -0.3 is 9.80 Å². The number of hydrogen-bond acceptors (Lipinski definition) is 3. The Morgan fingerprint density at radius 2 is 1.65 bits per heavy atom. The molecule has 1 saturated heterocycles. The van der Waals surface area contributed by atoms with Gasteiger partial charge in [-0.25, -0.2) is 4.39 Å². The van der Waals surface area contributed by atoms with Gasteiger partial charge in [0.15, 0.2) is 0 Å². The van der Waals surface area contributed by atoms with Crippen LogP contribution in [0.25, 0.3) is 10.9 Å². The van der Waals surface area contributed by atoms with Gasteiger partial charge in [-0.2, -0.15) is 0 Å². The summed E-state index contributed by atoms with van der Waals surface area (Å²) in [5, 5.41) is 0.993. The fraction of sp³-hybridized carbons (Fsp3) is 0.292. The molecule has 1 aliphatic heterocycles. The van der Waals surface area contributed by atoms with Crippen LogP contribution in [0.5, 0.6) is 0 Å². The van der Waals surface area contributed by atoms with E-state index in [1.54, 1.807) is 4.90 Å². The van der Waals surface area contributed by atoms with Crippen LogP contribution in [0.2, 0.25) is 5.02 Å². The second-order valence-corrected chi connectivity index (χ2v) is 8.40. The van der Waals surface area contributed by atoms with Gasteiger partial charge in [-0.3, -0.25) is 14.6 Å². The first-order valence-electron chi connectivity index (χ1n) is 10.5. The Morgan fingerprint density at radius 1 is 0.935 bits per heavy atom. The SMILES string of the molecule is O=C(c1ccc(F)cc1Cl)N1CCN(C(=O)c2c3c(nc4ccccc24)CCC3)CC1. The second kappa shape index (κ2) is 7.93. The standard InChI is InChI=1S/C24H21ClFN3O2/c25-19-14-15(26)8-9-16(19)23(30)28-10-12-29(13-11-28)24(31)22-17-4-1-2-6-20(17)27-21-7-3-5-18(21)22/h1-2,4,6,8-9,14H,3,5,7,10-13H2. The quantitative estimate of drug-likeness (QED) is 0.606. The third-order valence-electron chi connectivity index (χ3n) is 6.15. The lowest BCUT2D eigenvalue weighted by atomic mass is 9.99. The number of amides is 2. The molecule has 2 aromatic carbocycles. The van der Waals surface area contributed by atoms with E-state index in [1.165, 1.54) is 12.1 Å². The number of halogens is 2. The van der Waals surface area contributed by atoms with E-state index in [0.29, 0.717) is 26.2 Å². The molecule has 1 aromatic heterocycles. The Bertz CT molecular complexity index is 1200. The Balaban J connectivity index is 1.37. The highest BCUT2D eigenvalue weighted by atomic mass is 35.5. The molecule has 0 bridgehead atoms. The summed E-state index contributed by atoms with van der Waals surface area (Å²) in [7, 11) is 0. The normalized spacial score (nSPS) is 15.9. The van der Waals surface area contributed by atoms with Gasteiger partial charge in [0.2, 0.25) is 0 Å². The number of pyridine rings is 1. The van der Waals surface area contributed by atoms with Crippen molar-refractivity contribution in [3.05, 3.63) is 75.7 Å². The van der Waals surface area contributed by atoms with Gasteiger partial charge in [-0.15, -0.1) is 0 Å². The Kier molecular flexibility index (Phi) is 5.10. The molecule has 1 fully saturated rings. The molecular weight excluding hydrogens is 417 g/mol. The highest BCUT2D eigenvalue weighted by molar-refractivity contribution is 6.33. The van der Waals surface area contributed by atoms with Crippen molar-refractivity contribution in [2.75, 3.05) is 26.2 Å². The Morgan fingerprint density at radius 3 is 2.39 bits per heavy atom. The summed E-state index contributed by atoms with van der Waals surface area (Å²) in [6.07, 6.45) is 2.79. The molecule has 5 rings (SSSR count). The fourth-order valence-electron chi connectivity index (χ4n) is 4.56. The molecule has 0 spiro atoms. The molecule has 0 N–H and O–H groups in total. The van der Waals surface area contributed by atoms with Crippen LogP contribution in [0.3, 0.4) is 0 Å². The van der Waals surface area contributed by atoms with Crippen LogP contribution in [0.15, 0.2) is 42.5 Å². The first kappa shape index (κ1) is 19.9. The number of carbonyl (C=O) groups excluding carboxylic acids is 2. The van der Waals surface area contributed by atoms with Gasteiger partial charge in [0.25, 0.3) is 11.8 Å². The number of hydrogen-bond donors (Lipinski definition) is 0. The molecule has 0 atom stereocenters. The van der Waals surface area contributed by atoms with Crippen LogP contribution in [0.1, 0.15) is 38.4 Å². The lowest BCUT2D eigenvalue weighted by molar-refractivity contribution is 0.0536.